The number of aromatic carboxylic acids is 1. The second-order valence-electron chi connectivity index (χ2n) is 3.67. The molecule has 0 fully saturated rings. The lowest BCUT2D eigenvalue weighted by Crippen LogP contribution is -2.12. The fourth-order valence-electron chi connectivity index (χ4n) is 1.66. The van der Waals surface area contributed by atoms with E-state index in [9.17, 15) is 9.59 Å². The van der Waals surface area contributed by atoms with Gasteiger partial charge in [-0.15, -0.1) is 0 Å². The highest BCUT2D eigenvalue weighted by Crippen LogP contribution is 2.30. The number of rotatable bonds is 2. The number of hydrogen-bond donors (Lipinski definition) is 2. The summed E-state index contributed by atoms with van der Waals surface area (Å²) in [5.41, 5.74) is 0.593. The van der Waals surface area contributed by atoms with Crippen molar-refractivity contribution in [3.63, 3.8) is 0 Å². The van der Waals surface area contributed by atoms with Crippen LogP contribution in [0.3, 0.4) is 0 Å². The summed E-state index contributed by atoms with van der Waals surface area (Å²) in [5.74, 6) is -1.52. The number of nitrogens with one attached hydrogen (secondary N) is 1. The van der Waals surface area contributed by atoms with E-state index in [0.29, 0.717) is 15.9 Å². The average molecular weight is 265 g/mol. The van der Waals surface area contributed by atoms with Crippen LogP contribution in [-0.2, 0) is 4.79 Å². The average Bonchev–Trinajstić information content (AvgIpc) is 2.29. The van der Waals surface area contributed by atoms with Gasteiger partial charge in [-0.1, -0.05) is 23.7 Å². The minimum absolute atomic E-state index is 0.0695. The Kier molecular flexibility index (Phi) is 3.16. The van der Waals surface area contributed by atoms with Crippen LogP contribution in [0.5, 0.6) is 0 Å². The Bertz CT molecular complexity index is 655. The van der Waals surface area contributed by atoms with Gasteiger partial charge in [0.1, 0.15) is 5.56 Å². The molecule has 0 atom stereocenters. The minimum Gasteiger partial charge on any atom is -0.478 e. The van der Waals surface area contributed by atoms with E-state index >= 15 is 0 Å². The molecule has 0 aliphatic rings. The topological polar surface area (TPSA) is 79.3 Å². The van der Waals surface area contributed by atoms with Crippen LogP contribution in [-0.4, -0.2) is 22.0 Å². The van der Waals surface area contributed by atoms with Crippen molar-refractivity contribution in [1.82, 2.24) is 4.98 Å². The second kappa shape index (κ2) is 4.62. The molecule has 0 spiro atoms. The first-order chi connectivity index (χ1) is 8.50. The highest BCUT2D eigenvalue weighted by Gasteiger charge is 2.16. The van der Waals surface area contributed by atoms with Gasteiger partial charge in [-0.3, -0.25) is 9.78 Å². The molecule has 18 heavy (non-hydrogen) atoms. The fraction of sp³-hybridized carbons (Fsp3) is 0.0833. The molecular weight excluding hydrogens is 256 g/mol. The summed E-state index contributed by atoms with van der Waals surface area (Å²) < 4.78 is 0. The van der Waals surface area contributed by atoms with Crippen LogP contribution in [0.25, 0.3) is 10.9 Å². The van der Waals surface area contributed by atoms with E-state index in [2.05, 4.69) is 10.3 Å². The molecule has 2 aromatic rings. The Hall–Kier alpha value is -2.14. The number of hydrogen-bond acceptors (Lipinski definition) is 3. The number of para-hydroxylation sites is 1. The number of nitrogens with zero attached hydrogens (tertiary/aromatic N) is 1. The molecule has 0 bridgehead atoms. The fourth-order valence-corrected chi connectivity index (χ4v) is 1.88. The van der Waals surface area contributed by atoms with Crippen LogP contribution in [0.1, 0.15) is 17.3 Å². The molecule has 1 aromatic carbocycles. The zero-order valence-electron chi connectivity index (χ0n) is 9.40. The molecule has 1 heterocycles. The van der Waals surface area contributed by atoms with E-state index in [1.165, 1.54) is 13.1 Å². The first-order valence-electron chi connectivity index (χ1n) is 5.09. The quantitative estimate of drug-likeness (QED) is 0.874. The third kappa shape index (κ3) is 2.12. The number of pyridine rings is 1. The maximum atomic E-state index is 11.2. The summed E-state index contributed by atoms with van der Waals surface area (Å²) in [7, 11) is 0. The number of amides is 1. The smallest absolute Gasteiger partial charge is 0.339 e. The number of aromatic nitrogens is 1. The standard InChI is InChI=1S/C12H9ClN2O3/c1-6(16)15-10-7-3-2-4-9(13)11(7)14-5-8(10)12(17)18/h2-5H,1H3,(H,17,18)(H,14,15,16). The van der Waals surface area contributed by atoms with Crippen molar-refractivity contribution in [3.8, 4) is 0 Å². The van der Waals surface area contributed by atoms with Gasteiger partial charge in [0.2, 0.25) is 5.91 Å². The molecule has 0 aliphatic heterocycles. The van der Waals surface area contributed by atoms with Gasteiger partial charge in [0.25, 0.3) is 0 Å². The van der Waals surface area contributed by atoms with E-state index in [0.717, 1.165) is 0 Å². The Balaban J connectivity index is 2.80. The number of carbonyl (C=O) groups is 2. The Labute approximate surface area is 107 Å². The van der Waals surface area contributed by atoms with Crippen molar-refractivity contribution < 1.29 is 14.7 Å². The summed E-state index contributed by atoms with van der Waals surface area (Å²) in [6.07, 6.45) is 1.18. The second-order valence-corrected chi connectivity index (χ2v) is 4.08. The molecule has 0 radical (unpaired) electrons. The van der Waals surface area contributed by atoms with Gasteiger partial charge in [-0.25, -0.2) is 4.79 Å². The van der Waals surface area contributed by atoms with Crippen LogP contribution in [0.2, 0.25) is 5.02 Å². The Morgan fingerprint density at radius 1 is 1.39 bits per heavy atom. The monoisotopic (exact) mass is 264 g/mol. The van der Waals surface area contributed by atoms with Gasteiger partial charge < -0.3 is 10.4 Å². The number of carboxylic acid groups (broad SMARTS) is 1. The third-order valence-corrected chi connectivity index (χ3v) is 2.68. The number of benzene rings is 1. The first kappa shape index (κ1) is 12.3. The highest BCUT2D eigenvalue weighted by molar-refractivity contribution is 6.35. The van der Waals surface area contributed by atoms with Crippen molar-refractivity contribution in [1.29, 1.82) is 0 Å². The van der Waals surface area contributed by atoms with Crippen LogP contribution >= 0.6 is 11.6 Å². The molecule has 0 unspecified atom stereocenters. The lowest BCUT2D eigenvalue weighted by Gasteiger charge is -2.10. The predicted molar refractivity (Wildman–Crippen MR) is 68.0 cm³/mol. The SMILES string of the molecule is CC(=O)Nc1c(C(=O)O)cnc2c(Cl)cccc12. The normalized spacial score (nSPS) is 10.3. The number of carbonyl (C=O) groups excluding carboxylic acids is 1. The van der Waals surface area contributed by atoms with Crippen LogP contribution in [0.4, 0.5) is 5.69 Å². The Morgan fingerprint density at radius 2 is 2.11 bits per heavy atom. The summed E-state index contributed by atoms with van der Waals surface area (Å²) in [6.45, 7) is 1.31. The lowest BCUT2D eigenvalue weighted by atomic mass is 10.1. The number of halogens is 1. The van der Waals surface area contributed by atoms with Crippen molar-refractivity contribution in [3.05, 3.63) is 35.0 Å². The van der Waals surface area contributed by atoms with Crippen molar-refractivity contribution >= 4 is 40.1 Å². The molecule has 0 saturated carbocycles. The van der Waals surface area contributed by atoms with E-state index in [4.69, 9.17) is 16.7 Å². The first-order valence-corrected chi connectivity index (χ1v) is 5.46. The van der Waals surface area contributed by atoms with Crippen LogP contribution < -0.4 is 5.32 Å². The van der Waals surface area contributed by atoms with E-state index < -0.39 is 5.97 Å². The van der Waals surface area contributed by atoms with E-state index in [1.807, 2.05) is 0 Å². The Morgan fingerprint density at radius 3 is 2.72 bits per heavy atom. The summed E-state index contributed by atoms with van der Waals surface area (Å²) in [5, 5.41) is 12.5. The molecular formula is C12H9ClN2O3. The van der Waals surface area contributed by atoms with Gasteiger partial charge in [0.05, 0.1) is 16.2 Å². The van der Waals surface area contributed by atoms with E-state index in [-0.39, 0.29) is 17.2 Å². The van der Waals surface area contributed by atoms with Gasteiger partial charge >= 0.3 is 5.97 Å². The van der Waals surface area contributed by atoms with Gasteiger partial charge in [-0.05, 0) is 6.07 Å². The largest absolute Gasteiger partial charge is 0.478 e. The molecule has 92 valence electrons. The predicted octanol–water partition coefficient (Wildman–Crippen LogP) is 2.54. The zero-order chi connectivity index (χ0) is 13.3. The third-order valence-electron chi connectivity index (χ3n) is 2.38. The number of carboxylic acids is 1. The van der Waals surface area contributed by atoms with Crippen molar-refractivity contribution in [2.45, 2.75) is 6.92 Å². The molecule has 1 aromatic heterocycles. The van der Waals surface area contributed by atoms with Crippen molar-refractivity contribution in [2.75, 3.05) is 5.32 Å². The van der Waals surface area contributed by atoms with E-state index in [1.54, 1.807) is 18.2 Å². The molecule has 1 amide bonds. The minimum atomic E-state index is -1.16. The maximum Gasteiger partial charge on any atom is 0.339 e. The molecule has 0 saturated heterocycles. The summed E-state index contributed by atoms with van der Waals surface area (Å²) in [4.78, 5) is 26.3. The molecule has 5 nitrogen and oxygen atoms in total. The van der Waals surface area contributed by atoms with Gasteiger partial charge in [0.15, 0.2) is 0 Å². The maximum absolute atomic E-state index is 11.2. The number of anilines is 1. The molecule has 6 heteroatoms. The van der Waals surface area contributed by atoms with Crippen LogP contribution in [0.15, 0.2) is 24.4 Å². The highest BCUT2D eigenvalue weighted by atomic mass is 35.5. The summed E-state index contributed by atoms with van der Waals surface area (Å²) >= 11 is 5.97. The van der Waals surface area contributed by atoms with Crippen LogP contribution in [0, 0.1) is 0 Å². The summed E-state index contributed by atoms with van der Waals surface area (Å²) in [6, 6.07) is 4.98. The van der Waals surface area contributed by atoms with Gasteiger partial charge in [0, 0.05) is 18.5 Å². The molecule has 0 aliphatic carbocycles. The lowest BCUT2D eigenvalue weighted by molar-refractivity contribution is -0.114. The van der Waals surface area contributed by atoms with Gasteiger partial charge in [-0.2, -0.15) is 0 Å². The number of fused-ring (bicyclic) bond motifs is 1. The van der Waals surface area contributed by atoms with Crippen molar-refractivity contribution in [2.24, 2.45) is 0 Å². The zero-order valence-corrected chi connectivity index (χ0v) is 10.2. The molecule has 2 N–H and O–H groups in total. The molecule has 2 rings (SSSR count).